The van der Waals surface area contributed by atoms with Crippen LogP contribution in [0.3, 0.4) is 0 Å². The van der Waals surface area contributed by atoms with Crippen molar-refractivity contribution in [2.45, 2.75) is 13.1 Å². The van der Waals surface area contributed by atoms with Gasteiger partial charge in [0.2, 0.25) is 0 Å². The average Bonchev–Trinajstić information content (AvgIpc) is 3.06. The molecule has 4 aromatic carbocycles. The van der Waals surface area contributed by atoms with E-state index in [1.807, 2.05) is 48.5 Å². The first-order valence-corrected chi connectivity index (χ1v) is 16.9. The third-order valence-corrected chi connectivity index (χ3v) is 7.50. The van der Waals surface area contributed by atoms with Crippen LogP contribution in [0.4, 0.5) is 11.4 Å². The van der Waals surface area contributed by atoms with Gasteiger partial charge in [-0.15, -0.1) is 21.7 Å². The number of hydrogen-bond acceptors (Lipinski definition) is 12. The number of aliphatic imine (C=N–C) groups is 2. The molecule has 12 nitrogen and oxygen atoms in total. The Labute approximate surface area is 323 Å². The molecule has 1 aliphatic heterocycles. The summed E-state index contributed by atoms with van der Waals surface area (Å²) in [6, 6.07) is 29.9. The Morgan fingerprint density at radius 3 is 1.22 bits per heavy atom. The van der Waals surface area contributed by atoms with E-state index in [9.17, 15) is 10.2 Å². The molecule has 0 saturated carbocycles. The summed E-state index contributed by atoms with van der Waals surface area (Å²) in [7, 11) is -4.94. The smallest absolute Gasteiger partial charge is 0.872 e. The first kappa shape index (κ1) is 41.5. The fourth-order valence-electron chi connectivity index (χ4n) is 4.99. The van der Waals surface area contributed by atoms with Gasteiger partial charge in [0.1, 0.15) is 0 Å². The van der Waals surface area contributed by atoms with Crippen molar-refractivity contribution in [2.75, 3.05) is 52.6 Å². The molecule has 1 saturated heterocycles. The fraction of sp³-hybridized carbons (Fsp3) is 0.278. The minimum absolute atomic E-state index is 0. The third kappa shape index (κ3) is 15.5. The van der Waals surface area contributed by atoms with E-state index < -0.39 is 10.2 Å². The Kier molecular flexibility index (Phi) is 18.3. The van der Waals surface area contributed by atoms with Crippen LogP contribution in [0.25, 0.3) is 0 Å². The van der Waals surface area contributed by atoms with Crippen LogP contribution >= 0.6 is 0 Å². The Bertz CT molecular complexity index is 1520. The van der Waals surface area contributed by atoms with Gasteiger partial charge in [-0.25, -0.2) is 18.6 Å². The summed E-state index contributed by atoms with van der Waals surface area (Å²) in [5.74, 6) is -0.0753. The van der Waals surface area contributed by atoms with E-state index in [0.717, 1.165) is 48.7 Å². The first-order chi connectivity index (χ1) is 23.7. The molecule has 5 rings (SSSR count). The summed E-state index contributed by atoms with van der Waals surface area (Å²) in [5, 5.41) is 24.2. The largest absolute Gasteiger partial charge is 3.00 e. The van der Waals surface area contributed by atoms with Gasteiger partial charge in [-0.2, -0.15) is 0 Å². The number of benzene rings is 4. The van der Waals surface area contributed by atoms with E-state index in [0.29, 0.717) is 50.6 Å². The Balaban J connectivity index is 0.00000105. The van der Waals surface area contributed by atoms with Gasteiger partial charge in [0.05, 0.1) is 37.8 Å². The van der Waals surface area contributed by atoms with E-state index >= 15 is 0 Å². The second-order valence-corrected chi connectivity index (χ2v) is 11.8. The van der Waals surface area contributed by atoms with Gasteiger partial charge in [-0.05, 0) is 34.4 Å². The maximum absolute atomic E-state index is 12.1. The molecule has 1 heterocycles. The molecule has 0 aliphatic carbocycles. The Morgan fingerprint density at radius 1 is 0.540 bits per heavy atom. The van der Waals surface area contributed by atoms with E-state index in [2.05, 4.69) is 31.9 Å². The van der Waals surface area contributed by atoms with Gasteiger partial charge < -0.3 is 19.7 Å². The number of hydrogen-bond donors (Lipinski definition) is 0. The molecule has 0 atom stereocenters. The molecule has 0 amide bonds. The molecule has 0 aromatic heterocycles. The molecular formula is C36H38ClErN4O8. The molecule has 4 aromatic rings. The van der Waals surface area contributed by atoms with Gasteiger partial charge in [-0.3, -0.25) is 19.8 Å². The van der Waals surface area contributed by atoms with Crippen LogP contribution in [0.1, 0.15) is 22.3 Å². The van der Waals surface area contributed by atoms with Crippen molar-refractivity contribution < 1.29 is 85.9 Å². The topological polar surface area (TPSA) is 188 Å². The predicted octanol–water partition coefficient (Wildman–Crippen LogP) is -0.0700. The SMILES string of the molecule is [Er+3].[O-][Cl+3]([O-])([O-])[O-].[O-]c1ccccc1C=Nc1ccccc1CN1CCOCCN(Cc2ccccc2N=Cc2ccccc2[O-])CCOCC1. The number of nitrogens with zero attached hydrogens (tertiary/aromatic N) is 4. The van der Waals surface area contributed by atoms with Crippen molar-refractivity contribution in [3.05, 3.63) is 119 Å². The molecule has 0 bridgehead atoms. The summed E-state index contributed by atoms with van der Waals surface area (Å²) in [6.45, 7) is 6.92. The predicted molar refractivity (Wildman–Crippen MR) is 171 cm³/mol. The summed E-state index contributed by atoms with van der Waals surface area (Å²) in [5.41, 5.74) is 5.02. The minimum atomic E-state index is -4.94. The molecule has 1 aliphatic rings. The van der Waals surface area contributed by atoms with E-state index in [-0.39, 0.29) is 48.8 Å². The number of halogens is 1. The van der Waals surface area contributed by atoms with Crippen molar-refractivity contribution in [1.29, 1.82) is 0 Å². The zero-order valence-electron chi connectivity index (χ0n) is 27.2. The molecule has 0 spiro atoms. The van der Waals surface area contributed by atoms with Crippen molar-refractivity contribution >= 4 is 23.8 Å². The minimum Gasteiger partial charge on any atom is -0.872 e. The van der Waals surface area contributed by atoms with Gasteiger partial charge in [0.25, 0.3) is 0 Å². The van der Waals surface area contributed by atoms with Crippen LogP contribution in [0.15, 0.2) is 107 Å². The van der Waals surface area contributed by atoms with Crippen LogP contribution in [0.2, 0.25) is 0 Å². The zero-order valence-corrected chi connectivity index (χ0v) is 29.8. The standard InChI is InChI=1S/C36H40N4O4.ClHO4.Er/c41-35-15-7-3-9-29(35)25-37-33-13-5-1-11-31(33)27-39-17-21-43-23-19-40(20-24-44-22-18-39)28-32-12-2-6-14-34(32)38-26-30-10-4-8-16-36(30)42;2-1(3,4)5;/h1-16,25-26,41-42H,17-24,27-28H2;(H,2,3,4,5);/q;;+3/p-3. The van der Waals surface area contributed by atoms with E-state index in [4.69, 9.17) is 28.1 Å². The molecule has 50 heavy (non-hydrogen) atoms. The van der Waals surface area contributed by atoms with Gasteiger partial charge in [0.15, 0.2) is 0 Å². The molecule has 269 valence electrons. The van der Waals surface area contributed by atoms with Crippen LogP contribution in [-0.4, -0.2) is 74.8 Å². The summed E-state index contributed by atoms with van der Waals surface area (Å²) >= 11 is 0. The number of para-hydroxylation sites is 4. The van der Waals surface area contributed by atoms with Crippen molar-refractivity contribution in [3.63, 3.8) is 0 Å². The van der Waals surface area contributed by atoms with Crippen molar-refractivity contribution in [2.24, 2.45) is 9.98 Å². The molecule has 1 fully saturated rings. The summed E-state index contributed by atoms with van der Waals surface area (Å²) in [6.07, 6.45) is 3.29. The van der Waals surface area contributed by atoms with Crippen LogP contribution in [0.5, 0.6) is 11.5 Å². The van der Waals surface area contributed by atoms with Gasteiger partial charge >= 0.3 is 37.3 Å². The van der Waals surface area contributed by atoms with Gasteiger partial charge in [-0.1, -0.05) is 84.9 Å². The van der Waals surface area contributed by atoms with Crippen LogP contribution < -0.4 is 28.8 Å². The van der Waals surface area contributed by atoms with Crippen molar-refractivity contribution in [3.8, 4) is 11.5 Å². The third-order valence-electron chi connectivity index (χ3n) is 7.50. The normalized spacial score (nSPS) is 15.4. The maximum Gasteiger partial charge on any atom is 3.00 e. The average molecular weight is 857 g/mol. The molecule has 1 radical (unpaired) electrons. The van der Waals surface area contributed by atoms with Crippen LogP contribution in [0, 0.1) is 47.5 Å². The summed E-state index contributed by atoms with van der Waals surface area (Å²) in [4.78, 5) is 13.9. The molecule has 0 N–H and O–H groups in total. The van der Waals surface area contributed by atoms with Crippen LogP contribution in [-0.2, 0) is 22.6 Å². The number of rotatable bonds is 8. The zero-order chi connectivity index (χ0) is 34.9. The Morgan fingerprint density at radius 2 is 0.860 bits per heavy atom. The number of ether oxygens (including phenoxy) is 2. The molecular weight excluding hydrogens is 819 g/mol. The Hall–Kier alpha value is -2.96. The summed E-state index contributed by atoms with van der Waals surface area (Å²) < 4.78 is 46.1. The maximum atomic E-state index is 12.1. The fourth-order valence-corrected chi connectivity index (χ4v) is 4.99. The molecule has 0 unspecified atom stereocenters. The molecule has 14 heteroatoms. The van der Waals surface area contributed by atoms with E-state index in [1.54, 1.807) is 48.8 Å². The monoisotopic (exact) mass is 855 g/mol. The van der Waals surface area contributed by atoms with Crippen molar-refractivity contribution in [1.82, 2.24) is 9.80 Å². The first-order valence-electron chi connectivity index (χ1n) is 15.6. The quantitative estimate of drug-likeness (QED) is 0.217. The van der Waals surface area contributed by atoms with E-state index in [1.165, 1.54) is 0 Å². The second kappa shape index (κ2) is 22.1. The second-order valence-electron chi connectivity index (χ2n) is 11.0. The van der Waals surface area contributed by atoms with Gasteiger partial charge in [0, 0.05) is 51.7 Å².